The lowest BCUT2D eigenvalue weighted by atomic mass is 9.77. The topological polar surface area (TPSA) is 78.9 Å². The molecule has 142 valence electrons. The largest absolute Gasteiger partial charge is 0.481 e. The summed E-state index contributed by atoms with van der Waals surface area (Å²) >= 11 is 0. The molecule has 1 aliphatic carbocycles. The molecule has 1 amide bonds. The summed E-state index contributed by atoms with van der Waals surface area (Å²) in [7, 11) is 0. The molecule has 0 bridgehead atoms. The Morgan fingerprint density at radius 2 is 1.81 bits per heavy atom. The van der Waals surface area contributed by atoms with Crippen molar-refractivity contribution < 1.29 is 19.4 Å². The summed E-state index contributed by atoms with van der Waals surface area (Å²) in [5, 5.41) is 12.7. The molecule has 6 nitrogen and oxygen atoms in total. The van der Waals surface area contributed by atoms with Crippen molar-refractivity contribution in [2.75, 3.05) is 36.5 Å². The van der Waals surface area contributed by atoms with Crippen LogP contribution in [0.4, 0.5) is 11.4 Å². The molecule has 1 heterocycles. The van der Waals surface area contributed by atoms with E-state index in [1.165, 1.54) is 0 Å². The number of carbonyl (C=O) groups is 2. The third-order valence-electron chi connectivity index (χ3n) is 5.52. The highest BCUT2D eigenvalue weighted by Gasteiger charge is 2.40. The Balaban J connectivity index is 1.66. The van der Waals surface area contributed by atoms with Crippen LogP contribution < -0.4 is 10.2 Å². The maximum absolute atomic E-state index is 12.6. The molecular formula is C20H28N2O4. The molecule has 1 aromatic rings. The van der Waals surface area contributed by atoms with Gasteiger partial charge in [-0.15, -0.1) is 0 Å². The molecule has 2 N–H and O–H groups in total. The maximum Gasteiger partial charge on any atom is 0.310 e. The van der Waals surface area contributed by atoms with Crippen LogP contribution in [-0.2, 0) is 14.3 Å². The van der Waals surface area contributed by atoms with Gasteiger partial charge in [-0.3, -0.25) is 9.59 Å². The van der Waals surface area contributed by atoms with E-state index in [9.17, 15) is 14.7 Å². The minimum absolute atomic E-state index is 0.0457. The van der Waals surface area contributed by atoms with Crippen LogP contribution in [-0.4, -0.2) is 43.3 Å². The van der Waals surface area contributed by atoms with Gasteiger partial charge in [0.2, 0.25) is 5.91 Å². The molecule has 0 unspecified atom stereocenters. The lowest BCUT2D eigenvalue weighted by molar-refractivity contribution is -0.152. The van der Waals surface area contributed by atoms with Gasteiger partial charge in [-0.1, -0.05) is 31.7 Å². The summed E-state index contributed by atoms with van der Waals surface area (Å²) in [5.41, 5.74) is 0.851. The second-order valence-electron chi connectivity index (χ2n) is 7.37. The SMILES string of the molecule is O=C(CC1(C(=O)O)CCCCCC1)Nc1cccc(N2CCOCC2)c1. The van der Waals surface area contributed by atoms with Gasteiger partial charge < -0.3 is 20.1 Å². The molecule has 1 saturated carbocycles. The van der Waals surface area contributed by atoms with Crippen molar-refractivity contribution in [3.05, 3.63) is 24.3 Å². The zero-order chi connectivity index (χ0) is 18.4. The molecule has 0 radical (unpaired) electrons. The quantitative estimate of drug-likeness (QED) is 0.788. The van der Waals surface area contributed by atoms with Gasteiger partial charge >= 0.3 is 5.97 Å². The number of hydrogen-bond acceptors (Lipinski definition) is 4. The first-order valence-electron chi connectivity index (χ1n) is 9.55. The minimum atomic E-state index is -0.914. The third kappa shape index (κ3) is 4.55. The second-order valence-corrected chi connectivity index (χ2v) is 7.37. The number of nitrogens with one attached hydrogen (secondary N) is 1. The van der Waals surface area contributed by atoms with Crippen LogP contribution in [0.2, 0.25) is 0 Å². The van der Waals surface area contributed by atoms with Crippen LogP contribution >= 0.6 is 0 Å². The van der Waals surface area contributed by atoms with Crippen molar-refractivity contribution >= 4 is 23.3 Å². The van der Waals surface area contributed by atoms with E-state index in [1.807, 2.05) is 24.3 Å². The van der Waals surface area contributed by atoms with E-state index in [-0.39, 0.29) is 12.3 Å². The van der Waals surface area contributed by atoms with E-state index in [0.717, 1.165) is 44.5 Å². The minimum Gasteiger partial charge on any atom is -0.481 e. The van der Waals surface area contributed by atoms with E-state index < -0.39 is 11.4 Å². The zero-order valence-electron chi connectivity index (χ0n) is 15.2. The Labute approximate surface area is 154 Å². The van der Waals surface area contributed by atoms with Gasteiger partial charge in [0.25, 0.3) is 0 Å². The average Bonchev–Trinajstić information content (AvgIpc) is 2.89. The van der Waals surface area contributed by atoms with Crippen molar-refractivity contribution in [3.8, 4) is 0 Å². The van der Waals surface area contributed by atoms with Crippen molar-refractivity contribution in [2.45, 2.75) is 44.9 Å². The summed E-state index contributed by atoms with van der Waals surface area (Å²) in [5.74, 6) is -1.05. The van der Waals surface area contributed by atoms with E-state index in [0.29, 0.717) is 31.7 Å². The van der Waals surface area contributed by atoms with E-state index in [2.05, 4.69) is 10.2 Å². The first-order valence-corrected chi connectivity index (χ1v) is 9.55. The zero-order valence-corrected chi connectivity index (χ0v) is 15.2. The number of hydrogen-bond donors (Lipinski definition) is 2. The smallest absolute Gasteiger partial charge is 0.310 e. The molecule has 1 saturated heterocycles. The molecule has 6 heteroatoms. The fourth-order valence-electron chi connectivity index (χ4n) is 3.99. The molecule has 2 aliphatic rings. The van der Waals surface area contributed by atoms with E-state index in [4.69, 9.17) is 4.74 Å². The number of amides is 1. The summed E-state index contributed by atoms with van der Waals surface area (Å²) < 4.78 is 5.38. The maximum atomic E-state index is 12.6. The first-order chi connectivity index (χ1) is 12.6. The number of nitrogens with zero attached hydrogens (tertiary/aromatic N) is 1. The predicted octanol–water partition coefficient (Wildman–Crippen LogP) is 3.28. The molecule has 2 fully saturated rings. The standard InChI is InChI=1S/C20H28N2O4/c23-18(15-20(19(24)25)8-3-1-2-4-9-20)21-16-6-5-7-17(14-16)22-10-12-26-13-11-22/h5-7,14H,1-4,8-13,15H2,(H,21,23)(H,24,25). The first kappa shape index (κ1) is 18.7. The van der Waals surface area contributed by atoms with Crippen molar-refractivity contribution in [3.63, 3.8) is 0 Å². The third-order valence-corrected chi connectivity index (χ3v) is 5.52. The molecule has 0 aromatic heterocycles. The summed E-state index contributed by atoms with van der Waals surface area (Å²) in [4.78, 5) is 26.7. The number of carboxylic acid groups (broad SMARTS) is 1. The Morgan fingerprint density at radius 3 is 2.46 bits per heavy atom. The Morgan fingerprint density at radius 1 is 1.12 bits per heavy atom. The molecule has 3 rings (SSSR count). The number of carboxylic acids is 1. The van der Waals surface area contributed by atoms with Crippen molar-refractivity contribution in [1.82, 2.24) is 0 Å². The highest BCUT2D eigenvalue weighted by atomic mass is 16.5. The van der Waals surface area contributed by atoms with Crippen LogP contribution in [0.3, 0.4) is 0 Å². The Hall–Kier alpha value is -2.08. The van der Waals surface area contributed by atoms with Gasteiger partial charge in [0, 0.05) is 30.9 Å². The fourth-order valence-corrected chi connectivity index (χ4v) is 3.99. The van der Waals surface area contributed by atoms with Crippen LogP contribution in [0.1, 0.15) is 44.9 Å². The molecular weight excluding hydrogens is 332 g/mol. The lowest BCUT2D eigenvalue weighted by Gasteiger charge is -2.29. The number of ether oxygens (including phenoxy) is 1. The molecule has 0 atom stereocenters. The summed E-state index contributed by atoms with van der Waals surface area (Å²) in [6.45, 7) is 3.08. The van der Waals surface area contributed by atoms with Crippen LogP contribution in [0.25, 0.3) is 0 Å². The number of aliphatic carboxylic acids is 1. The number of morpholine rings is 1. The Kier molecular flexibility index (Phi) is 6.14. The lowest BCUT2D eigenvalue weighted by Crippen LogP contribution is -2.36. The summed E-state index contributed by atoms with van der Waals surface area (Å²) in [6.07, 6.45) is 5.09. The number of benzene rings is 1. The normalized spacial score (nSPS) is 20.2. The van der Waals surface area contributed by atoms with Crippen molar-refractivity contribution in [1.29, 1.82) is 0 Å². The van der Waals surface area contributed by atoms with Gasteiger partial charge in [-0.2, -0.15) is 0 Å². The van der Waals surface area contributed by atoms with Crippen LogP contribution in [0.5, 0.6) is 0 Å². The molecule has 0 spiro atoms. The molecule has 1 aliphatic heterocycles. The highest BCUT2D eigenvalue weighted by molar-refractivity contribution is 5.94. The number of carbonyl (C=O) groups excluding carboxylic acids is 1. The Bertz CT molecular complexity index is 632. The second kappa shape index (κ2) is 8.54. The van der Waals surface area contributed by atoms with Gasteiger partial charge in [-0.05, 0) is 31.0 Å². The highest BCUT2D eigenvalue weighted by Crippen LogP contribution is 2.38. The van der Waals surface area contributed by atoms with Crippen LogP contribution in [0, 0.1) is 5.41 Å². The molecule has 1 aromatic carbocycles. The average molecular weight is 360 g/mol. The van der Waals surface area contributed by atoms with Gasteiger partial charge in [0.15, 0.2) is 0 Å². The summed E-state index contributed by atoms with van der Waals surface area (Å²) in [6, 6.07) is 7.73. The van der Waals surface area contributed by atoms with Gasteiger partial charge in [-0.25, -0.2) is 0 Å². The predicted molar refractivity (Wildman–Crippen MR) is 100 cm³/mol. The molecule has 26 heavy (non-hydrogen) atoms. The van der Waals surface area contributed by atoms with E-state index in [1.54, 1.807) is 0 Å². The van der Waals surface area contributed by atoms with Gasteiger partial charge in [0.05, 0.1) is 18.6 Å². The van der Waals surface area contributed by atoms with E-state index >= 15 is 0 Å². The number of rotatable bonds is 5. The fraction of sp³-hybridized carbons (Fsp3) is 0.600. The van der Waals surface area contributed by atoms with Crippen LogP contribution in [0.15, 0.2) is 24.3 Å². The monoisotopic (exact) mass is 360 g/mol. The number of anilines is 2. The van der Waals surface area contributed by atoms with Crippen molar-refractivity contribution in [2.24, 2.45) is 5.41 Å². The van der Waals surface area contributed by atoms with Gasteiger partial charge in [0.1, 0.15) is 0 Å².